The molecule has 9 heteroatoms. The van der Waals surface area contributed by atoms with Crippen LogP contribution in [-0.2, 0) is 9.59 Å². The second-order valence-corrected chi connectivity index (χ2v) is 8.22. The van der Waals surface area contributed by atoms with Gasteiger partial charge in [0.1, 0.15) is 0 Å². The van der Waals surface area contributed by atoms with Crippen molar-refractivity contribution in [1.82, 2.24) is 4.98 Å². The Kier molecular flexibility index (Phi) is 4.80. The Morgan fingerprint density at radius 1 is 1.20 bits per heavy atom. The number of hydrogen-bond acceptors (Lipinski definition) is 6. The lowest BCUT2D eigenvalue weighted by atomic mass is 10.1. The molecule has 1 atom stereocenters. The van der Waals surface area contributed by atoms with Gasteiger partial charge in [-0.15, -0.1) is 11.3 Å². The molecule has 30 heavy (non-hydrogen) atoms. The largest absolute Gasteiger partial charge is 0.454 e. The van der Waals surface area contributed by atoms with E-state index in [1.54, 1.807) is 29.2 Å². The third-order valence-electron chi connectivity index (χ3n) is 5.05. The molecular formula is C21H16ClN3O4S. The van der Waals surface area contributed by atoms with Crippen molar-refractivity contribution in [2.45, 2.75) is 6.42 Å². The first-order valence-corrected chi connectivity index (χ1v) is 10.6. The molecule has 3 heterocycles. The number of hydrogen-bond donors (Lipinski definition) is 1. The van der Waals surface area contributed by atoms with Crippen LogP contribution in [0.1, 0.15) is 6.42 Å². The highest BCUT2D eigenvalue weighted by Crippen LogP contribution is 2.37. The van der Waals surface area contributed by atoms with Gasteiger partial charge < -0.3 is 19.7 Å². The summed E-state index contributed by atoms with van der Waals surface area (Å²) in [4.78, 5) is 31.3. The molecule has 0 saturated carbocycles. The van der Waals surface area contributed by atoms with Crippen LogP contribution in [0.4, 0.5) is 10.8 Å². The van der Waals surface area contributed by atoms with E-state index in [1.165, 1.54) is 11.3 Å². The van der Waals surface area contributed by atoms with Gasteiger partial charge in [0.15, 0.2) is 16.6 Å². The lowest BCUT2D eigenvalue weighted by Crippen LogP contribution is -2.28. The summed E-state index contributed by atoms with van der Waals surface area (Å²) >= 11 is 7.54. The number of thiazole rings is 1. The number of nitrogens with zero attached hydrogens (tertiary/aromatic N) is 2. The van der Waals surface area contributed by atoms with E-state index in [1.807, 2.05) is 23.6 Å². The van der Waals surface area contributed by atoms with Crippen LogP contribution in [0.15, 0.2) is 47.8 Å². The molecule has 7 nitrogen and oxygen atoms in total. The number of carbonyl (C=O) groups is 2. The SMILES string of the molecule is O=C(Nc1nc(-c2ccccc2Cl)cs1)[C@H]1CC(=O)N(c2ccc3c(c2)OCO3)C1. The van der Waals surface area contributed by atoms with Crippen LogP contribution in [0.3, 0.4) is 0 Å². The van der Waals surface area contributed by atoms with Gasteiger partial charge in [-0.2, -0.15) is 0 Å². The summed E-state index contributed by atoms with van der Waals surface area (Å²) in [5, 5.41) is 5.75. The second-order valence-electron chi connectivity index (χ2n) is 6.95. The minimum atomic E-state index is -0.462. The van der Waals surface area contributed by atoms with Crippen molar-refractivity contribution in [2.24, 2.45) is 5.92 Å². The van der Waals surface area contributed by atoms with Crippen molar-refractivity contribution in [3.05, 3.63) is 52.9 Å². The van der Waals surface area contributed by atoms with E-state index in [-0.39, 0.29) is 25.0 Å². The van der Waals surface area contributed by atoms with E-state index in [2.05, 4.69) is 10.3 Å². The summed E-state index contributed by atoms with van der Waals surface area (Å²) in [6, 6.07) is 12.7. The quantitative estimate of drug-likeness (QED) is 0.656. The van der Waals surface area contributed by atoms with Crippen LogP contribution in [0.2, 0.25) is 5.02 Å². The van der Waals surface area contributed by atoms with Gasteiger partial charge in [-0.3, -0.25) is 9.59 Å². The minimum absolute atomic E-state index is 0.107. The average Bonchev–Trinajstić information content (AvgIpc) is 3.47. The number of halogens is 1. The predicted molar refractivity (Wildman–Crippen MR) is 114 cm³/mol. The molecule has 2 amide bonds. The number of nitrogens with one attached hydrogen (secondary N) is 1. The molecule has 2 aliphatic heterocycles. The Morgan fingerprint density at radius 2 is 2.03 bits per heavy atom. The molecule has 0 spiro atoms. The minimum Gasteiger partial charge on any atom is -0.454 e. The molecule has 0 bridgehead atoms. The summed E-state index contributed by atoms with van der Waals surface area (Å²) in [5.74, 6) is 0.452. The van der Waals surface area contributed by atoms with E-state index >= 15 is 0 Å². The summed E-state index contributed by atoms with van der Waals surface area (Å²) in [6.07, 6.45) is 0.142. The van der Waals surface area contributed by atoms with E-state index < -0.39 is 5.92 Å². The van der Waals surface area contributed by atoms with Gasteiger partial charge in [0, 0.05) is 40.7 Å². The van der Waals surface area contributed by atoms with E-state index in [0.717, 1.165) is 5.56 Å². The zero-order chi connectivity index (χ0) is 20.7. The van der Waals surface area contributed by atoms with Crippen molar-refractivity contribution < 1.29 is 19.1 Å². The van der Waals surface area contributed by atoms with Crippen LogP contribution in [0.5, 0.6) is 11.5 Å². The number of carbonyl (C=O) groups excluding carboxylic acids is 2. The number of rotatable bonds is 4. The van der Waals surface area contributed by atoms with Crippen molar-refractivity contribution in [2.75, 3.05) is 23.6 Å². The summed E-state index contributed by atoms with van der Waals surface area (Å²) < 4.78 is 10.7. The fourth-order valence-electron chi connectivity index (χ4n) is 3.52. The van der Waals surface area contributed by atoms with Crippen LogP contribution in [-0.4, -0.2) is 30.1 Å². The van der Waals surface area contributed by atoms with Gasteiger partial charge in [0.2, 0.25) is 18.6 Å². The van der Waals surface area contributed by atoms with Gasteiger partial charge in [0.25, 0.3) is 0 Å². The Morgan fingerprint density at radius 3 is 2.90 bits per heavy atom. The Bertz CT molecular complexity index is 1150. The molecule has 5 rings (SSSR count). The van der Waals surface area contributed by atoms with Crippen LogP contribution < -0.4 is 19.7 Å². The molecule has 0 unspecified atom stereocenters. The molecule has 1 fully saturated rings. The molecule has 1 aromatic heterocycles. The molecule has 152 valence electrons. The first kappa shape index (κ1) is 18.9. The third-order valence-corrected chi connectivity index (χ3v) is 6.14. The average molecular weight is 442 g/mol. The van der Waals surface area contributed by atoms with Gasteiger partial charge in [-0.25, -0.2) is 4.98 Å². The number of aromatic nitrogens is 1. The Hall–Kier alpha value is -3.10. The van der Waals surface area contributed by atoms with Crippen LogP contribution in [0.25, 0.3) is 11.3 Å². The summed E-state index contributed by atoms with van der Waals surface area (Å²) in [7, 11) is 0. The number of anilines is 2. The first-order chi connectivity index (χ1) is 14.6. The first-order valence-electron chi connectivity index (χ1n) is 9.30. The number of amides is 2. The van der Waals surface area contributed by atoms with E-state index in [4.69, 9.17) is 21.1 Å². The lowest BCUT2D eigenvalue weighted by Gasteiger charge is -2.17. The smallest absolute Gasteiger partial charge is 0.231 e. The predicted octanol–water partition coefficient (Wildman–Crippen LogP) is 4.18. The highest BCUT2D eigenvalue weighted by molar-refractivity contribution is 7.14. The molecule has 1 N–H and O–H groups in total. The standard InChI is InChI=1S/C21H16ClN3O4S/c22-15-4-2-1-3-14(15)16-10-30-21(23-16)24-20(27)12-7-19(26)25(9-12)13-5-6-17-18(8-13)29-11-28-17/h1-6,8,10,12H,7,9,11H2,(H,23,24,27)/t12-/m0/s1. The zero-order valence-corrected chi connectivity index (χ0v) is 17.2. The maximum Gasteiger partial charge on any atom is 0.231 e. The zero-order valence-electron chi connectivity index (χ0n) is 15.6. The Labute approximate surface area is 181 Å². The van der Waals surface area contributed by atoms with Crippen molar-refractivity contribution >= 4 is 45.6 Å². The number of benzene rings is 2. The number of ether oxygens (including phenoxy) is 2. The van der Waals surface area contributed by atoms with Crippen molar-refractivity contribution in [3.8, 4) is 22.8 Å². The fourth-order valence-corrected chi connectivity index (χ4v) is 4.46. The van der Waals surface area contributed by atoms with Gasteiger partial charge >= 0.3 is 0 Å². The molecule has 3 aromatic rings. The fraction of sp³-hybridized carbons (Fsp3) is 0.190. The van der Waals surface area contributed by atoms with Crippen molar-refractivity contribution in [1.29, 1.82) is 0 Å². The topological polar surface area (TPSA) is 80.8 Å². The molecule has 2 aliphatic rings. The monoisotopic (exact) mass is 441 g/mol. The second kappa shape index (κ2) is 7.62. The normalized spacial score (nSPS) is 17.4. The number of fused-ring (bicyclic) bond motifs is 1. The molecule has 1 saturated heterocycles. The van der Waals surface area contributed by atoms with Gasteiger partial charge in [-0.1, -0.05) is 29.8 Å². The highest BCUT2D eigenvalue weighted by Gasteiger charge is 2.36. The maximum absolute atomic E-state index is 12.7. The van der Waals surface area contributed by atoms with Crippen LogP contribution >= 0.6 is 22.9 Å². The van der Waals surface area contributed by atoms with Gasteiger partial charge in [-0.05, 0) is 18.2 Å². The highest BCUT2D eigenvalue weighted by atomic mass is 35.5. The molecule has 0 radical (unpaired) electrons. The molecule has 0 aliphatic carbocycles. The van der Waals surface area contributed by atoms with E-state index in [0.29, 0.717) is 39.6 Å². The molecular weight excluding hydrogens is 426 g/mol. The lowest BCUT2D eigenvalue weighted by molar-refractivity contribution is -0.122. The Balaban J connectivity index is 1.27. The summed E-state index contributed by atoms with van der Waals surface area (Å²) in [5.41, 5.74) is 2.20. The summed E-state index contributed by atoms with van der Waals surface area (Å²) in [6.45, 7) is 0.467. The molecule has 2 aromatic carbocycles. The van der Waals surface area contributed by atoms with Gasteiger partial charge in [0.05, 0.1) is 11.6 Å². The third kappa shape index (κ3) is 3.48. The van der Waals surface area contributed by atoms with Crippen LogP contribution in [0, 0.1) is 5.92 Å². The maximum atomic E-state index is 12.7. The van der Waals surface area contributed by atoms with Crippen molar-refractivity contribution in [3.63, 3.8) is 0 Å². The van der Waals surface area contributed by atoms with E-state index in [9.17, 15) is 9.59 Å².